The van der Waals surface area contributed by atoms with E-state index in [0.717, 1.165) is 12.0 Å². The summed E-state index contributed by atoms with van der Waals surface area (Å²) in [4.78, 5) is 13.7. The fraction of sp³-hybridized carbons (Fsp3) is 0.500. The Kier molecular flexibility index (Phi) is 3.36. The van der Waals surface area contributed by atoms with Crippen molar-refractivity contribution in [3.05, 3.63) is 29.8 Å². The number of carbonyl (C=O) groups excluding carboxylic acids is 1. The van der Waals surface area contributed by atoms with Crippen molar-refractivity contribution in [2.45, 2.75) is 19.9 Å². The van der Waals surface area contributed by atoms with Crippen LogP contribution in [0.5, 0.6) is 0 Å². The number of amides is 1. The minimum Gasteiger partial charge on any atom is -0.378 e. The van der Waals surface area contributed by atoms with Gasteiger partial charge < -0.3 is 10.2 Å². The fourth-order valence-electron chi connectivity index (χ4n) is 1.92. The molecule has 1 aliphatic carbocycles. The molecule has 0 spiro atoms. The smallest absolute Gasteiger partial charge is 0.223 e. The van der Waals surface area contributed by atoms with Crippen molar-refractivity contribution in [1.29, 1.82) is 0 Å². The summed E-state index contributed by atoms with van der Waals surface area (Å²) in [6.07, 6.45) is 1.05. The van der Waals surface area contributed by atoms with E-state index in [4.69, 9.17) is 0 Å². The fourth-order valence-corrected chi connectivity index (χ4v) is 1.92. The predicted octanol–water partition coefficient (Wildman–Crippen LogP) is 2.02. The summed E-state index contributed by atoms with van der Waals surface area (Å²) in [6.45, 7) is 2.76. The van der Waals surface area contributed by atoms with Crippen LogP contribution in [0.3, 0.4) is 0 Å². The third-order valence-corrected chi connectivity index (χ3v) is 3.37. The normalized spacial score (nSPS) is 22.1. The highest BCUT2D eigenvalue weighted by atomic mass is 16.2. The van der Waals surface area contributed by atoms with Gasteiger partial charge >= 0.3 is 0 Å². The van der Waals surface area contributed by atoms with Crippen molar-refractivity contribution >= 4 is 11.6 Å². The lowest BCUT2D eigenvalue weighted by molar-refractivity contribution is -0.122. The maximum absolute atomic E-state index is 11.6. The van der Waals surface area contributed by atoms with Gasteiger partial charge in [-0.25, -0.2) is 0 Å². The maximum Gasteiger partial charge on any atom is 0.223 e. The molecule has 0 aromatic heterocycles. The molecule has 0 bridgehead atoms. The topological polar surface area (TPSA) is 32.3 Å². The molecule has 0 radical (unpaired) electrons. The van der Waals surface area contributed by atoms with E-state index in [-0.39, 0.29) is 11.8 Å². The van der Waals surface area contributed by atoms with Crippen molar-refractivity contribution in [2.24, 2.45) is 11.8 Å². The van der Waals surface area contributed by atoms with Crippen LogP contribution in [0.4, 0.5) is 5.69 Å². The number of hydrogen-bond acceptors (Lipinski definition) is 2. The zero-order valence-electron chi connectivity index (χ0n) is 10.7. The summed E-state index contributed by atoms with van der Waals surface area (Å²) in [5, 5.41) is 2.99. The molecule has 17 heavy (non-hydrogen) atoms. The molecular weight excluding hydrogens is 212 g/mol. The molecular formula is C14H20N2O. The molecule has 1 aliphatic rings. The highest BCUT2D eigenvalue weighted by molar-refractivity contribution is 5.81. The first-order valence-electron chi connectivity index (χ1n) is 6.12. The molecule has 3 heteroatoms. The highest BCUT2D eigenvalue weighted by Gasteiger charge is 2.38. The van der Waals surface area contributed by atoms with Crippen molar-refractivity contribution in [2.75, 3.05) is 19.0 Å². The average Bonchev–Trinajstić information content (AvgIpc) is 3.04. The minimum atomic E-state index is 0.203. The molecule has 2 rings (SSSR count). The molecule has 0 heterocycles. The van der Waals surface area contributed by atoms with Gasteiger partial charge in [-0.3, -0.25) is 4.79 Å². The molecule has 0 aliphatic heterocycles. The van der Waals surface area contributed by atoms with E-state index < -0.39 is 0 Å². The second-order valence-electron chi connectivity index (χ2n) is 5.10. The van der Waals surface area contributed by atoms with Gasteiger partial charge in [-0.15, -0.1) is 0 Å². The summed E-state index contributed by atoms with van der Waals surface area (Å²) < 4.78 is 0. The molecule has 0 unspecified atom stereocenters. The van der Waals surface area contributed by atoms with Crippen molar-refractivity contribution in [3.63, 3.8) is 0 Å². The van der Waals surface area contributed by atoms with Crippen molar-refractivity contribution in [3.8, 4) is 0 Å². The molecule has 1 N–H and O–H groups in total. The van der Waals surface area contributed by atoms with Crippen molar-refractivity contribution < 1.29 is 4.79 Å². The van der Waals surface area contributed by atoms with Crippen LogP contribution in [0, 0.1) is 11.8 Å². The van der Waals surface area contributed by atoms with Crippen LogP contribution < -0.4 is 10.2 Å². The summed E-state index contributed by atoms with van der Waals surface area (Å²) in [5.74, 6) is 1.04. The van der Waals surface area contributed by atoms with Crippen LogP contribution in [0.15, 0.2) is 24.3 Å². The van der Waals surface area contributed by atoms with Crippen LogP contribution >= 0.6 is 0 Å². The number of carbonyl (C=O) groups is 1. The van der Waals surface area contributed by atoms with Gasteiger partial charge in [0, 0.05) is 32.2 Å². The van der Waals surface area contributed by atoms with Gasteiger partial charge in [0.15, 0.2) is 0 Å². The van der Waals surface area contributed by atoms with Gasteiger partial charge in [0.25, 0.3) is 0 Å². The Labute approximate surface area is 103 Å². The summed E-state index contributed by atoms with van der Waals surface area (Å²) >= 11 is 0. The average molecular weight is 232 g/mol. The van der Waals surface area contributed by atoms with Crippen LogP contribution in [0.1, 0.15) is 18.9 Å². The van der Waals surface area contributed by atoms with E-state index in [1.54, 1.807) is 0 Å². The SMILES string of the molecule is C[C@H]1C[C@H]1C(=O)NCc1ccc(N(C)C)cc1. The molecule has 1 amide bonds. The van der Waals surface area contributed by atoms with Gasteiger partial charge in [-0.2, -0.15) is 0 Å². The van der Waals surface area contributed by atoms with Gasteiger partial charge in [-0.05, 0) is 30.0 Å². The Balaban J connectivity index is 1.84. The van der Waals surface area contributed by atoms with E-state index in [1.807, 2.05) is 14.1 Å². The van der Waals surface area contributed by atoms with E-state index in [9.17, 15) is 4.79 Å². The third-order valence-electron chi connectivity index (χ3n) is 3.37. The first kappa shape index (κ1) is 12.0. The Hall–Kier alpha value is -1.51. The summed E-state index contributed by atoms with van der Waals surface area (Å²) in [5.41, 5.74) is 2.33. The van der Waals surface area contributed by atoms with E-state index >= 15 is 0 Å². The van der Waals surface area contributed by atoms with Gasteiger partial charge in [0.2, 0.25) is 5.91 Å². The summed E-state index contributed by atoms with van der Waals surface area (Å²) in [6, 6.07) is 8.26. The zero-order chi connectivity index (χ0) is 12.4. The zero-order valence-corrected chi connectivity index (χ0v) is 10.7. The standard InChI is InChI=1S/C14H20N2O/c1-10-8-13(10)14(17)15-9-11-4-6-12(7-5-11)16(2)3/h4-7,10,13H,8-9H2,1-3H3,(H,15,17)/t10-,13+/m0/s1. The highest BCUT2D eigenvalue weighted by Crippen LogP contribution is 2.37. The number of hydrogen-bond donors (Lipinski definition) is 1. The number of rotatable bonds is 4. The van der Waals surface area contributed by atoms with Crippen LogP contribution in [0.25, 0.3) is 0 Å². The lowest BCUT2D eigenvalue weighted by Crippen LogP contribution is -2.24. The Morgan fingerprint density at radius 1 is 1.35 bits per heavy atom. The van der Waals surface area contributed by atoms with E-state index in [2.05, 4.69) is 41.4 Å². The predicted molar refractivity (Wildman–Crippen MR) is 69.9 cm³/mol. The van der Waals surface area contributed by atoms with Crippen LogP contribution in [-0.4, -0.2) is 20.0 Å². The van der Waals surface area contributed by atoms with Gasteiger partial charge in [0.05, 0.1) is 0 Å². The Bertz CT molecular complexity index is 397. The largest absolute Gasteiger partial charge is 0.378 e. The molecule has 92 valence electrons. The van der Waals surface area contributed by atoms with E-state index in [0.29, 0.717) is 12.5 Å². The Morgan fingerprint density at radius 3 is 2.41 bits per heavy atom. The molecule has 3 nitrogen and oxygen atoms in total. The maximum atomic E-state index is 11.6. The molecule has 1 saturated carbocycles. The summed E-state index contributed by atoms with van der Waals surface area (Å²) in [7, 11) is 4.04. The molecule has 0 saturated heterocycles. The monoisotopic (exact) mass is 232 g/mol. The van der Waals surface area contributed by atoms with E-state index in [1.165, 1.54) is 5.69 Å². The minimum absolute atomic E-state index is 0.203. The number of anilines is 1. The molecule has 1 aromatic rings. The third kappa shape index (κ3) is 2.99. The van der Waals surface area contributed by atoms with Crippen LogP contribution in [0.2, 0.25) is 0 Å². The number of nitrogens with one attached hydrogen (secondary N) is 1. The first-order valence-corrected chi connectivity index (χ1v) is 6.12. The number of nitrogens with zero attached hydrogens (tertiary/aromatic N) is 1. The second-order valence-corrected chi connectivity index (χ2v) is 5.10. The lowest BCUT2D eigenvalue weighted by Gasteiger charge is -2.12. The molecule has 1 fully saturated rings. The number of benzene rings is 1. The van der Waals surface area contributed by atoms with Crippen molar-refractivity contribution in [1.82, 2.24) is 5.32 Å². The lowest BCUT2D eigenvalue weighted by atomic mass is 10.2. The first-order chi connectivity index (χ1) is 8.08. The quantitative estimate of drug-likeness (QED) is 0.861. The molecule has 1 aromatic carbocycles. The molecule has 2 atom stereocenters. The van der Waals surface area contributed by atoms with Crippen LogP contribution in [-0.2, 0) is 11.3 Å². The Morgan fingerprint density at radius 2 is 1.94 bits per heavy atom. The van der Waals surface area contributed by atoms with Gasteiger partial charge in [0.1, 0.15) is 0 Å². The second kappa shape index (κ2) is 4.78. The van der Waals surface area contributed by atoms with Gasteiger partial charge in [-0.1, -0.05) is 19.1 Å².